The second-order valence-electron chi connectivity index (χ2n) is 9.64. The third-order valence-electron chi connectivity index (χ3n) is 7.43. The average molecular weight is 569 g/mol. The van der Waals surface area contributed by atoms with Gasteiger partial charge in [-0.2, -0.15) is 0 Å². The van der Waals surface area contributed by atoms with Crippen molar-refractivity contribution in [1.82, 2.24) is 0 Å². The van der Waals surface area contributed by atoms with Crippen LogP contribution in [0.3, 0.4) is 0 Å². The molecule has 0 amide bonds. The van der Waals surface area contributed by atoms with Crippen molar-refractivity contribution in [3.63, 3.8) is 0 Å². The van der Waals surface area contributed by atoms with Gasteiger partial charge in [-0.05, 0) is 63.6 Å². The molecular formula is C37H30P2S. The summed E-state index contributed by atoms with van der Waals surface area (Å²) in [4.78, 5) is 0. The van der Waals surface area contributed by atoms with Crippen LogP contribution < -0.4 is 31.8 Å². The van der Waals surface area contributed by atoms with Crippen LogP contribution in [0.25, 0.3) is 0 Å². The number of rotatable bonds is 7. The Hall–Kier alpha value is -3.60. The smallest absolute Gasteiger partial charge is 0.115 e. The Morgan fingerprint density at radius 2 is 0.575 bits per heavy atom. The van der Waals surface area contributed by atoms with Crippen LogP contribution in [0.5, 0.6) is 0 Å². The SMILES string of the molecule is [S-]C(=P(c1ccccc1)(c1ccccc1)c1ccccc1)[P+](c1ccccc1)(c1ccccc1)c1ccccc1. The summed E-state index contributed by atoms with van der Waals surface area (Å²) in [6, 6.07) is 66.0. The van der Waals surface area contributed by atoms with Crippen molar-refractivity contribution in [2.75, 3.05) is 0 Å². The van der Waals surface area contributed by atoms with Crippen LogP contribution in [0.4, 0.5) is 0 Å². The van der Waals surface area contributed by atoms with Crippen LogP contribution in [0.2, 0.25) is 0 Å². The highest BCUT2D eigenvalue weighted by atomic mass is 32.1. The quantitative estimate of drug-likeness (QED) is 0.154. The van der Waals surface area contributed by atoms with Gasteiger partial charge in [-0.15, -0.1) is 0 Å². The van der Waals surface area contributed by atoms with Crippen molar-refractivity contribution in [3.05, 3.63) is 182 Å². The highest BCUT2D eigenvalue weighted by molar-refractivity contribution is 8.33. The molecule has 0 saturated heterocycles. The monoisotopic (exact) mass is 568 g/mol. The zero-order valence-electron chi connectivity index (χ0n) is 22.1. The molecule has 0 aromatic heterocycles. The van der Waals surface area contributed by atoms with Gasteiger partial charge in [0.25, 0.3) is 0 Å². The molecule has 0 N–H and O–H groups in total. The van der Waals surface area contributed by atoms with E-state index >= 15 is 0 Å². The van der Waals surface area contributed by atoms with Crippen molar-refractivity contribution >= 4 is 63.0 Å². The molecule has 3 heteroatoms. The summed E-state index contributed by atoms with van der Waals surface area (Å²) in [5.41, 5.74) is 0. The lowest BCUT2D eigenvalue weighted by molar-refractivity contribution is 1.73. The first-order chi connectivity index (χ1) is 19.8. The van der Waals surface area contributed by atoms with E-state index in [2.05, 4.69) is 182 Å². The van der Waals surface area contributed by atoms with Gasteiger partial charge in [0, 0.05) is 0 Å². The van der Waals surface area contributed by atoms with Crippen molar-refractivity contribution in [1.29, 1.82) is 0 Å². The predicted octanol–water partition coefficient (Wildman–Crippen LogP) is 6.61. The van der Waals surface area contributed by atoms with E-state index < -0.39 is 14.1 Å². The maximum atomic E-state index is 7.11. The molecule has 0 aliphatic rings. The van der Waals surface area contributed by atoms with Gasteiger partial charge in [-0.3, -0.25) is 0 Å². The molecule has 0 fully saturated rings. The molecule has 6 rings (SSSR count). The Bertz CT molecular complexity index is 1520. The highest BCUT2D eigenvalue weighted by Gasteiger charge is 2.48. The maximum absolute atomic E-state index is 7.11. The lowest BCUT2D eigenvalue weighted by Gasteiger charge is -2.42. The van der Waals surface area contributed by atoms with Crippen molar-refractivity contribution in [2.24, 2.45) is 0 Å². The van der Waals surface area contributed by atoms with Gasteiger partial charge in [0.1, 0.15) is 23.2 Å². The van der Waals surface area contributed by atoms with E-state index in [4.69, 9.17) is 12.6 Å². The first-order valence-electron chi connectivity index (χ1n) is 13.5. The number of hydrogen-bond acceptors (Lipinski definition) is 1. The van der Waals surface area contributed by atoms with E-state index in [1.54, 1.807) is 0 Å². The summed E-state index contributed by atoms with van der Waals surface area (Å²) in [6.07, 6.45) is 0. The van der Waals surface area contributed by atoms with Crippen LogP contribution in [0.15, 0.2) is 182 Å². The molecule has 6 aromatic rings. The van der Waals surface area contributed by atoms with E-state index in [1.165, 1.54) is 31.8 Å². The molecule has 40 heavy (non-hydrogen) atoms. The van der Waals surface area contributed by atoms with Crippen LogP contribution in [-0.2, 0) is 12.6 Å². The Labute approximate surface area is 244 Å². The Kier molecular flexibility index (Phi) is 7.90. The van der Waals surface area contributed by atoms with Gasteiger partial charge in [0.15, 0.2) is 0 Å². The van der Waals surface area contributed by atoms with Gasteiger partial charge >= 0.3 is 0 Å². The Morgan fingerprint density at radius 1 is 0.350 bits per heavy atom. The zero-order valence-corrected chi connectivity index (χ0v) is 24.7. The molecule has 0 radical (unpaired) electrons. The van der Waals surface area contributed by atoms with Gasteiger partial charge in [-0.1, -0.05) is 146 Å². The lowest BCUT2D eigenvalue weighted by Crippen LogP contribution is -2.40. The minimum atomic E-state index is -2.48. The topological polar surface area (TPSA) is 0 Å². The van der Waals surface area contributed by atoms with Crippen molar-refractivity contribution in [2.45, 2.75) is 0 Å². The second-order valence-corrected chi connectivity index (χ2v) is 17.7. The first-order valence-corrected chi connectivity index (χ1v) is 17.4. The molecule has 0 heterocycles. The molecule has 0 saturated carbocycles. The third-order valence-corrected chi connectivity index (χ3v) is 18.5. The molecule has 0 nitrogen and oxygen atoms in total. The van der Waals surface area contributed by atoms with E-state index in [0.717, 1.165) is 4.37 Å². The average Bonchev–Trinajstić information content (AvgIpc) is 3.05. The van der Waals surface area contributed by atoms with Gasteiger partial charge in [0.05, 0.1) is 0 Å². The standard InChI is InChI=1S/C37H30P2S/c40-37(38(31-19-7-1-8-20-31,32-21-9-2-10-22-32)33-23-11-3-12-24-33)39(34-25-13-4-14-26-34,35-27-15-5-16-28-35)36-29-17-6-18-30-36/h1-30H. The molecule has 0 unspecified atom stereocenters. The minimum Gasteiger partial charge on any atom is -0.715 e. The third kappa shape index (κ3) is 4.49. The fourth-order valence-electron chi connectivity index (χ4n) is 5.69. The molecule has 0 spiro atoms. The summed E-state index contributed by atoms with van der Waals surface area (Å²) < 4.78 is 1.13. The highest BCUT2D eigenvalue weighted by Crippen LogP contribution is 2.64. The first kappa shape index (κ1) is 26.6. The van der Waals surface area contributed by atoms with Crippen molar-refractivity contribution < 1.29 is 0 Å². The summed E-state index contributed by atoms with van der Waals surface area (Å²) in [5, 5.41) is 7.69. The van der Waals surface area contributed by atoms with E-state index in [0.29, 0.717) is 0 Å². The minimum absolute atomic E-state index is 1.13. The summed E-state index contributed by atoms with van der Waals surface area (Å²) in [5.74, 6) is 0. The van der Waals surface area contributed by atoms with Gasteiger partial charge in [0.2, 0.25) is 0 Å². The maximum Gasteiger partial charge on any atom is 0.115 e. The Balaban J connectivity index is 1.94. The summed E-state index contributed by atoms with van der Waals surface area (Å²) in [6.45, 7) is -2.48. The van der Waals surface area contributed by atoms with Crippen LogP contribution in [-0.4, -0.2) is 4.37 Å². The predicted molar refractivity (Wildman–Crippen MR) is 183 cm³/mol. The summed E-state index contributed by atoms with van der Waals surface area (Å²) in [7, 11) is -2.48. The fourth-order valence-corrected chi connectivity index (χ4v) is 18.3. The van der Waals surface area contributed by atoms with E-state index in [-0.39, 0.29) is 0 Å². The Morgan fingerprint density at radius 3 is 0.825 bits per heavy atom. The number of hydrogen-bond donors (Lipinski definition) is 0. The largest absolute Gasteiger partial charge is 0.715 e. The molecule has 0 bridgehead atoms. The molecule has 6 aromatic carbocycles. The zero-order chi connectivity index (χ0) is 27.3. The van der Waals surface area contributed by atoms with E-state index in [1.807, 2.05) is 0 Å². The van der Waals surface area contributed by atoms with Crippen molar-refractivity contribution in [3.8, 4) is 0 Å². The molecule has 0 aliphatic heterocycles. The number of benzene rings is 6. The van der Waals surface area contributed by atoms with Crippen LogP contribution in [0.1, 0.15) is 0 Å². The van der Waals surface area contributed by atoms with Gasteiger partial charge < -0.3 is 12.6 Å². The normalized spacial score (nSPS) is 11.6. The van der Waals surface area contributed by atoms with Gasteiger partial charge in [-0.25, -0.2) is 0 Å². The lowest BCUT2D eigenvalue weighted by atomic mass is 10.4. The molecular weight excluding hydrogens is 538 g/mol. The molecule has 0 atom stereocenters. The summed E-state index contributed by atoms with van der Waals surface area (Å²) >= 11 is 7.11. The van der Waals surface area contributed by atoms with E-state index in [9.17, 15) is 0 Å². The molecule has 0 aliphatic carbocycles. The second kappa shape index (κ2) is 11.9. The fraction of sp³-hybridized carbons (Fsp3) is 0. The van der Waals surface area contributed by atoms with Crippen LogP contribution >= 0.6 is 14.1 Å². The molecule has 194 valence electrons. The van der Waals surface area contributed by atoms with Crippen LogP contribution in [0, 0.1) is 0 Å².